The van der Waals surface area contributed by atoms with Gasteiger partial charge in [-0.1, -0.05) is 30.3 Å². The van der Waals surface area contributed by atoms with Gasteiger partial charge in [-0.25, -0.2) is 4.79 Å². The second-order valence-corrected chi connectivity index (χ2v) is 5.90. The standard InChI is InChI=1S/C15H21NO2/c1-15(2,3)18-14(17)16-10-12-9-13(12)11-7-5-4-6-8-11/h4-8,12-13H,9-10H2,1-3H3,(H,16,17)/t12-,13-/m1/s1. The van der Waals surface area contributed by atoms with Gasteiger partial charge in [0.1, 0.15) is 5.60 Å². The van der Waals surface area contributed by atoms with Crippen molar-refractivity contribution in [3.63, 3.8) is 0 Å². The van der Waals surface area contributed by atoms with Crippen molar-refractivity contribution in [2.24, 2.45) is 5.92 Å². The van der Waals surface area contributed by atoms with Crippen LogP contribution in [0, 0.1) is 5.92 Å². The number of amides is 1. The van der Waals surface area contributed by atoms with E-state index < -0.39 is 5.60 Å². The molecule has 18 heavy (non-hydrogen) atoms. The quantitative estimate of drug-likeness (QED) is 0.889. The minimum Gasteiger partial charge on any atom is -0.444 e. The van der Waals surface area contributed by atoms with Crippen molar-refractivity contribution in [2.75, 3.05) is 6.54 Å². The van der Waals surface area contributed by atoms with E-state index in [1.807, 2.05) is 26.8 Å². The Kier molecular flexibility index (Phi) is 3.60. The third kappa shape index (κ3) is 3.76. The molecule has 0 radical (unpaired) electrons. The van der Waals surface area contributed by atoms with E-state index in [0.717, 1.165) is 6.42 Å². The smallest absolute Gasteiger partial charge is 0.407 e. The van der Waals surface area contributed by atoms with E-state index >= 15 is 0 Å². The first-order chi connectivity index (χ1) is 8.46. The predicted molar refractivity (Wildman–Crippen MR) is 71.5 cm³/mol. The fraction of sp³-hybridized carbons (Fsp3) is 0.533. The number of hydrogen-bond donors (Lipinski definition) is 1. The van der Waals surface area contributed by atoms with Crippen molar-refractivity contribution in [1.82, 2.24) is 5.32 Å². The van der Waals surface area contributed by atoms with E-state index in [2.05, 4.69) is 29.6 Å². The fourth-order valence-corrected chi connectivity index (χ4v) is 2.11. The van der Waals surface area contributed by atoms with Gasteiger partial charge in [0.25, 0.3) is 0 Å². The maximum absolute atomic E-state index is 11.5. The molecule has 0 aliphatic heterocycles. The first-order valence-electron chi connectivity index (χ1n) is 6.47. The second kappa shape index (κ2) is 5.01. The summed E-state index contributed by atoms with van der Waals surface area (Å²) >= 11 is 0. The molecule has 98 valence electrons. The molecule has 2 atom stereocenters. The average molecular weight is 247 g/mol. The highest BCUT2D eigenvalue weighted by atomic mass is 16.6. The molecule has 0 spiro atoms. The minimum absolute atomic E-state index is 0.318. The Morgan fingerprint density at radius 3 is 2.61 bits per heavy atom. The minimum atomic E-state index is -0.424. The van der Waals surface area contributed by atoms with Crippen LogP contribution in [0.1, 0.15) is 38.7 Å². The highest BCUT2D eigenvalue weighted by molar-refractivity contribution is 5.67. The van der Waals surface area contributed by atoms with Gasteiger partial charge in [0.15, 0.2) is 0 Å². The Hall–Kier alpha value is -1.51. The van der Waals surface area contributed by atoms with Gasteiger partial charge in [-0.3, -0.25) is 0 Å². The predicted octanol–water partition coefficient (Wildman–Crippen LogP) is 3.31. The van der Waals surface area contributed by atoms with E-state index in [1.54, 1.807) is 0 Å². The third-order valence-corrected chi connectivity index (χ3v) is 3.06. The Labute approximate surface area is 109 Å². The van der Waals surface area contributed by atoms with E-state index in [0.29, 0.717) is 18.4 Å². The molecule has 1 amide bonds. The number of carbonyl (C=O) groups is 1. The Morgan fingerprint density at radius 1 is 1.33 bits per heavy atom. The molecule has 0 unspecified atom stereocenters. The molecule has 1 aliphatic rings. The van der Waals surface area contributed by atoms with Gasteiger partial charge in [0.2, 0.25) is 0 Å². The molecular weight excluding hydrogens is 226 g/mol. The first kappa shape index (κ1) is 12.9. The van der Waals surface area contributed by atoms with Gasteiger partial charge in [0.05, 0.1) is 0 Å². The monoisotopic (exact) mass is 247 g/mol. The molecule has 1 aromatic carbocycles. The largest absolute Gasteiger partial charge is 0.444 e. The van der Waals surface area contributed by atoms with Crippen LogP contribution >= 0.6 is 0 Å². The van der Waals surface area contributed by atoms with Crippen LogP contribution < -0.4 is 5.32 Å². The molecule has 1 N–H and O–H groups in total. The van der Waals surface area contributed by atoms with Crippen molar-refractivity contribution >= 4 is 6.09 Å². The van der Waals surface area contributed by atoms with Crippen LogP contribution in [-0.2, 0) is 4.74 Å². The second-order valence-electron chi connectivity index (χ2n) is 5.90. The summed E-state index contributed by atoms with van der Waals surface area (Å²) in [6, 6.07) is 10.5. The number of alkyl carbamates (subject to hydrolysis) is 1. The zero-order chi connectivity index (χ0) is 13.2. The summed E-state index contributed by atoms with van der Waals surface area (Å²) in [4.78, 5) is 11.5. The summed E-state index contributed by atoms with van der Waals surface area (Å²) in [5.41, 5.74) is 0.945. The van der Waals surface area contributed by atoms with Gasteiger partial charge in [-0.05, 0) is 44.6 Å². The van der Waals surface area contributed by atoms with Crippen LogP contribution in [-0.4, -0.2) is 18.2 Å². The number of rotatable bonds is 3. The Morgan fingerprint density at radius 2 is 2.00 bits per heavy atom. The molecular formula is C15H21NO2. The number of nitrogens with one attached hydrogen (secondary N) is 1. The summed E-state index contributed by atoms with van der Waals surface area (Å²) < 4.78 is 5.21. The summed E-state index contributed by atoms with van der Waals surface area (Å²) in [7, 11) is 0. The van der Waals surface area contributed by atoms with Gasteiger partial charge in [0, 0.05) is 6.54 Å². The molecule has 2 rings (SSSR count). The van der Waals surface area contributed by atoms with Crippen molar-refractivity contribution in [1.29, 1.82) is 0 Å². The molecule has 1 fully saturated rings. The summed E-state index contributed by atoms with van der Waals surface area (Å²) in [6.45, 7) is 6.32. The molecule has 0 aromatic heterocycles. The zero-order valence-corrected chi connectivity index (χ0v) is 11.3. The first-order valence-corrected chi connectivity index (χ1v) is 6.47. The zero-order valence-electron chi connectivity index (χ0n) is 11.3. The normalized spacial score (nSPS) is 22.4. The Bertz CT molecular complexity index is 408. The van der Waals surface area contributed by atoms with Gasteiger partial charge < -0.3 is 10.1 Å². The van der Waals surface area contributed by atoms with Crippen LogP contribution in [0.25, 0.3) is 0 Å². The molecule has 0 saturated heterocycles. The number of benzene rings is 1. The molecule has 3 heteroatoms. The van der Waals surface area contributed by atoms with E-state index in [9.17, 15) is 4.79 Å². The van der Waals surface area contributed by atoms with Crippen LogP contribution in [0.15, 0.2) is 30.3 Å². The number of ether oxygens (including phenoxy) is 1. The third-order valence-electron chi connectivity index (χ3n) is 3.06. The lowest BCUT2D eigenvalue weighted by Crippen LogP contribution is -2.33. The molecule has 0 heterocycles. The SMILES string of the molecule is CC(C)(C)OC(=O)NC[C@H]1C[C@@H]1c1ccccc1. The fourth-order valence-electron chi connectivity index (χ4n) is 2.11. The van der Waals surface area contributed by atoms with Gasteiger partial charge in [-0.2, -0.15) is 0 Å². The van der Waals surface area contributed by atoms with Crippen LogP contribution in [0.2, 0.25) is 0 Å². The lowest BCUT2D eigenvalue weighted by atomic mass is 10.1. The molecule has 1 aliphatic carbocycles. The molecule has 3 nitrogen and oxygen atoms in total. The molecule has 1 aromatic rings. The van der Waals surface area contributed by atoms with Crippen LogP contribution in [0.5, 0.6) is 0 Å². The number of hydrogen-bond acceptors (Lipinski definition) is 2. The van der Waals surface area contributed by atoms with Crippen LogP contribution in [0.4, 0.5) is 4.79 Å². The van der Waals surface area contributed by atoms with E-state index in [-0.39, 0.29) is 6.09 Å². The van der Waals surface area contributed by atoms with Gasteiger partial charge in [-0.15, -0.1) is 0 Å². The van der Waals surface area contributed by atoms with Crippen molar-refractivity contribution in [3.05, 3.63) is 35.9 Å². The highest BCUT2D eigenvalue weighted by Crippen LogP contribution is 2.46. The van der Waals surface area contributed by atoms with Crippen molar-refractivity contribution < 1.29 is 9.53 Å². The van der Waals surface area contributed by atoms with Crippen molar-refractivity contribution in [3.8, 4) is 0 Å². The summed E-state index contributed by atoms with van der Waals surface area (Å²) in [5, 5.41) is 2.84. The number of carbonyl (C=O) groups excluding carboxylic acids is 1. The molecule has 1 saturated carbocycles. The lowest BCUT2D eigenvalue weighted by molar-refractivity contribution is 0.0525. The topological polar surface area (TPSA) is 38.3 Å². The highest BCUT2D eigenvalue weighted by Gasteiger charge is 2.38. The average Bonchev–Trinajstić information content (AvgIpc) is 3.05. The summed E-state index contributed by atoms with van der Waals surface area (Å²) in [5.74, 6) is 1.15. The maximum atomic E-state index is 11.5. The van der Waals surface area contributed by atoms with E-state index in [1.165, 1.54) is 5.56 Å². The Balaban J connectivity index is 1.73. The maximum Gasteiger partial charge on any atom is 0.407 e. The van der Waals surface area contributed by atoms with E-state index in [4.69, 9.17) is 4.74 Å². The van der Waals surface area contributed by atoms with Crippen LogP contribution in [0.3, 0.4) is 0 Å². The van der Waals surface area contributed by atoms with Crippen molar-refractivity contribution in [2.45, 2.75) is 38.7 Å². The van der Waals surface area contributed by atoms with Gasteiger partial charge >= 0.3 is 6.09 Å². The molecule has 0 bridgehead atoms. The lowest BCUT2D eigenvalue weighted by Gasteiger charge is -2.19. The summed E-state index contributed by atoms with van der Waals surface area (Å²) in [6.07, 6.45) is 0.834.